The summed E-state index contributed by atoms with van der Waals surface area (Å²) in [5.74, 6) is 0.0245. The number of carbonyl (C=O) groups is 1. The lowest BCUT2D eigenvalue weighted by Gasteiger charge is -2.11. The van der Waals surface area contributed by atoms with Gasteiger partial charge in [-0.05, 0) is 19.1 Å². The standard InChI is InChI=1S/C12H16N2O5/c1-2-18-12(15)11(13)7-8-19-10-5-3-9(4-6-10)14(16)17/h3-6,11H,2,7-8,13H2,1H3. The molecule has 0 amide bonds. The van der Waals surface area contributed by atoms with Gasteiger partial charge in [0.1, 0.15) is 11.8 Å². The maximum Gasteiger partial charge on any atom is 0.323 e. The summed E-state index contributed by atoms with van der Waals surface area (Å²) in [6.45, 7) is 2.23. The third kappa shape index (κ3) is 4.92. The fourth-order valence-electron chi connectivity index (χ4n) is 1.33. The summed E-state index contributed by atoms with van der Waals surface area (Å²) in [5, 5.41) is 10.4. The quantitative estimate of drug-likeness (QED) is 0.453. The highest BCUT2D eigenvalue weighted by Crippen LogP contribution is 2.17. The molecule has 1 unspecified atom stereocenters. The van der Waals surface area contributed by atoms with Crippen molar-refractivity contribution >= 4 is 11.7 Å². The van der Waals surface area contributed by atoms with Crippen LogP contribution in [-0.4, -0.2) is 30.1 Å². The van der Waals surface area contributed by atoms with Crippen LogP contribution in [0.2, 0.25) is 0 Å². The number of benzene rings is 1. The monoisotopic (exact) mass is 268 g/mol. The summed E-state index contributed by atoms with van der Waals surface area (Å²) in [7, 11) is 0. The van der Waals surface area contributed by atoms with Gasteiger partial charge in [-0.1, -0.05) is 0 Å². The normalized spacial score (nSPS) is 11.7. The molecule has 2 N–H and O–H groups in total. The number of nitrogens with zero attached hydrogens (tertiary/aromatic N) is 1. The highest BCUT2D eigenvalue weighted by Gasteiger charge is 2.14. The fraction of sp³-hybridized carbons (Fsp3) is 0.417. The molecule has 0 aliphatic heterocycles. The smallest absolute Gasteiger partial charge is 0.323 e. The van der Waals surface area contributed by atoms with Crippen LogP contribution in [0.25, 0.3) is 0 Å². The fourth-order valence-corrected chi connectivity index (χ4v) is 1.33. The minimum atomic E-state index is -0.724. The van der Waals surface area contributed by atoms with Crippen LogP contribution in [0, 0.1) is 10.1 Å². The molecule has 0 aliphatic rings. The van der Waals surface area contributed by atoms with E-state index in [4.69, 9.17) is 15.2 Å². The van der Waals surface area contributed by atoms with E-state index >= 15 is 0 Å². The zero-order chi connectivity index (χ0) is 14.3. The Kier molecular flexibility index (Phi) is 5.74. The van der Waals surface area contributed by atoms with Gasteiger partial charge in [-0.3, -0.25) is 14.9 Å². The van der Waals surface area contributed by atoms with Crippen LogP contribution >= 0.6 is 0 Å². The molecule has 1 aromatic carbocycles. The van der Waals surface area contributed by atoms with Crippen LogP contribution in [0.4, 0.5) is 5.69 Å². The number of hydrogen-bond donors (Lipinski definition) is 1. The van der Waals surface area contributed by atoms with Gasteiger partial charge in [-0.2, -0.15) is 0 Å². The molecule has 0 aliphatic carbocycles. The lowest BCUT2D eigenvalue weighted by Crippen LogP contribution is -2.33. The van der Waals surface area contributed by atoms with E-state index in [1.54, 1.807) is 6.92 Å². The van der Waals surface area contributed by atoms with E-state index in [9.17, 15) is 14.9 Å². The van der Waals surface area contributed by atoms with Gasteiger partial charge in [0.2, 0.25) is 0 Å². The zero-order valence-corrected chi connectivity index (χ0v) is 10.6. The van der Waals surface area contributed by atoms with Crippen molar-refractivity contribution in [2.24, 2.45) is 5.73 Å². The van der Waals surface area contributed by atoms with E-state index in [1.807, 2.05) is 0 Å². The molecule has 104 valence electrons. The van der Waals surface area contributed by atoms with Gasteiger partial charge >= 0.3 is 5.97 Å². The van der Waals surface area contributed by atoms with E-state index in [0.717, 1.165) is 0 Å². The van der Waals surface area contributed by atoms with Crippen LogP contribution in [0.3, 0.4) is 0 Å². The maximum absolute atomic E-state index is 11.2. The van der Waals surface area contributed by atoms with E-state index in [-0.39, 0.29) is 18.9 Å². The lowest BCUT2D eigenvalue weighted by molar-refractivity contribution is -0.384. The number of ether oxygens (including phenoxy) is 2. The number of non-ortho nitro benzene ring substituents is 1. The highest BCUT2D eigenvalue weighted by atomic mass is 16.6. The molecule has 0 spiro atoms. The van der Waals surface area contributed by atoms with Gasteiger partial charge in [0.05, 0.1) is 18.1 Å². The third-order valence-electron chi connectivity index (χ3n) is 2.33. The van der Waals surface area contributed by atoms with Gasteiger partial charge in [0.15, 0.2) is 0 Å². The Morgan fingerprint density at radius 3 is 2.58 bits per heavy atom. The largest absolute Gasteiger partial charge is 0.494 e. The molecule has 7 nitrogen and oxygen atoms in total. The minimum Gasteiger partial charge on any atom is -0.494 e. The summed E-state index contributed by atoms with van der Waals surface area (Å²) in [4.78, 5) is 21.2. The molecule has 0 fully saturated rings. The number of nitro benzene ring substituents is 1. The lowest BCUT2D eigenvalue weighted by atomic mass is 10.2. The van der Waals surface area contributed by atoms with Crippen molar-refractivity contribution in [3.63, 3.8) is 0 Å². The summed E-state index contributed by atoms with van der Waals surface area (Å²) in [6, 6.07) is 4.96. The van der Waals surface area contributed by atoms with Gasteiger partial charge < -0.3 is 15.2 Å². The topological polar surface area (TPSA) is 105 Å². The molecule has 7 heteroatoms. The zero-order valence-electron chi connectivity index (χ0n) is 10.6. The summed E-state index contributed by atoms with van der Waals surface area (Å²) < 4.78 is 10.1. The number of nitrogens with two attached hydrogens (primary N) is 1. The molecule has 19 heavy (non-hydrogen) atoms. The first-order valence-corrected chi connectivity index (χ1v) is 5.84. The molecule has 1 atom stereocenters. The Balaban J connectivity index is 2.36. The molecule has 0 saturated carbocycles. The first-order valence-electron chi connectivity index (χ1n) is 5.84. The average Bonchev–Trinajstić information content (AvgIpc) is 2.39. The van der Waals surface area contributed by atoms with E-state index in [0.29, 0.717) is 12.2 Å². The maximum atomic E-state index is 11.2. The predicted molar refractivity (Wildman–Crippen MR) is 67.8 cm³/mol. The molecule has 0 aromatic heterocycles. The number of hydrogen-bond acceptors (Lipinski definition) is 6. The first-order chi connectivity index (χ1) is 9.04. The van der Waals surface area contributed by atoms with E-state index in [2.05, 4.69) is 0 Å². The average molecular weight is 268 g/mol. The first kappa shape index (κ1) is 14.9. The van der Waals surface area contributed by atoms with Crippen LogP contribution in [0.15, 0.2) is 24.3 Å². The number of carbonyl (C=O) groups excluding carboxylic acids is 1. The third-order valence-corrected chi connectivity index (χ3v) is 2.33. The van der Waals surface area contributed by atoms with Gasteiger partial charge in [0, 0.05) is 18.6 Å². The Hall–Kier alpha value is -2.15. The van der Waals surface area contributed by atoms with Crippen LogP contribution in [-0.2, 0) is 9.53 Å². The van der Waals surface area contributed by atoms with Crippen molar-refractivity contribution in [3.8, 4) is 5.75 Å². The second-order valence-electron chi connectivity index (χ2n) is 3.75. The molecule has 1 aromatic rings. The van der Waals surface area contributed by atoms with Crippen molar-refractivity contribution in [2.45, 2.75) is 19.4 Å². The predicted octanol–water partition coefficient (Wildman–Crippen LogP) is 1.25. The minimum absolute atomic E-state index is 0.00410. The Morgan fingerprint density at radius 2 is 2.05 bits per heavy atom. The Labute approximate surface area is 110 Å². The number of nitro groups is 1. The van der Waals surface area contributed by atoms with Crippen molar-refractivity contribution < 1.29 is 19.2 Å². The van der Waals surface area contributed by atoms with Gasteiger partial charge in [-0.15, -0.1) is 0 Å². The second-order valence-corrected chi connectivity index (χ2v) is 3.75. The van der Waals surface area contributed by atoms with Crippen molar-refractivity contribution in [1.82, 2.24) is 0 Å². The number of rotatable bonds is 7. The molecule has 0 heterocycles. The molecule has 0 saturated heterocycles. The summed E-state index contributed by atoms with van der Waals surface area (Å²) in [6.07, 6.45) is 0.315. The van der Waals surface area contributed by atoms with Crippen molar-refractivity contribution in [2.75, 3.05) is 13.2 Å². The second kappa shape index (κ2) is 7.32. The van der Waals surface area contributed by atoms with E-state index < -0.39 is 16.9 Å². The summed E-state index contributed by atoms with van der Waals surface area (Å²) in [5.41, 5.74) is 5.58. The summed E-state index contributed by atoms with van der Waals surface area (Å²) >= 11 is 0. The van der Waals surface area contributed by atoms with Gasteiger partial charge in [-0.25, -0.2) is 0 Å². The molecule has 1 rings (SSSR count). The molecular formula is C12H16N2O5. The van der Waals surface area contributed by atoms with Crippen LogP contribution in [0.5, 0.6) is 5.75 Å². The van der Waals surface area contributed by atoms with Crippen LogP contribution < -0.4 is 10.5 Å². The SMILES string of the molecule is CCOC(=O)C(N)CCOc1ccc([N+](=O)[O-])cc1. The Morgan fingerprint density at radius 1 is 1.42 bits per heavy atom. The van der Waals surface area contributed by atoms with E-state index in [1.165, 1.54) is 24.3 Å². The highest BCUT2D eigenvalue weighted by molar-refractivity contribution is 5.75. The molecule has 0 bridgehead atoms. The van der Waals surface area contributed by atoms with Gasteiger partial charge in [0.25, 0.3) is 5.69 Å². The molecule has 0 radical (unpaired) electrons. The van der Waals surface area contributed by atoms with Crippen LogP contribution in [0.1, 0.15) is 13.3 Å². The molecular weight excluding hydrogens is 252 g/mol. The van der Waals surface area contributed by atoms with Crippen molar-refractivity contribution in [3.05, 3.63) is 34.4 Å². The Bertz CT molecular complexity index is 432. The number of esters is 1. The van der Waals surface area contributed by atoms with Crippen molar-refractivity contribution in [1.29, 1.82) is 0 Å².